The van der Waals surface area contributed by atoms with Crippen molar-refractivity contribution in [3.8, 4) is 0 Å². The molecule has 2 aromatic carbocycles. The van der Waals surface area contributed by atoms with Crippen molar-refractivity contribution in [2.45, 2.75) is 30.6 Å². The van der Waals surface area contributed by atoms with Crippen LogP contribution < -0.4 is 21.1 Å². The number of para-hydroxylation sites is 1. The first-order valence-electron chi connectivity index (χ1n) is 11.5. The summed E-state index contributed by atoms with van der Waals surface area (Å²) in [5, 5.41) is 7.68. The predicted molar refractivity (Wildman–Crippen MR) is 133 cm³/mol. The molecule has 9 heteroatoms. The maximum absolute atomic E-state index is 12.4. The number of aromatic nitrogens is 2. The Morgan fingerprint density at radius 2 is 1.52 bits per heavy atom. The first-order valence-corrected chi connectivity index (χ1v) is 13.0. The van der Waals surface area contributed by atoms with Gasteiger partial charge in [-0.15, -0.1) is 0 Å². The molecular formula is C24H32N6O2S. The van der Waals surface area contributed by atoms with Crippen molar-refractivity contribution in [2.24, 2.45) is 17.6 Å². The minimum Gasteiger partial charge on any atom is -0.368 e. The molecule has 1 fully saturated rings. The molecule has 0 saturated heterocycles. The molecule has 1 aliphatic rings. The Bertz CT molecular complexity index is 1150. The smallest absolute Gasteiger partial charge is 0.240 e. The third-order valence-electron chi connectivity index (χ3n) is 6.17. The van der Waals surface area contributed by atoms with Crippen LogP contribution >= 0.6 is 0 Å². The Morgan fingerprint density at radius 1 is 0.848 bits per heavy atom. The van der Waals surface area contributed by atoms with Crippen LogP contribution in [0, 0.1) is 11.8 Å². The fourth-order valence-electron chi connectivity index (χ4n) is 4.27. The first-order chi connectivity index (χ1) is 16.0. The van der Waals surface area contributed by atoms with Gasteiger partial charge in [0.05, 0.1) is 10.4 Å². The minimum absolute atomic E-state index is 0.318. The van der Waals surface area contributed by atoms with Gasteiger partial charge in [-0.25, -0.2) is 18.1 Å². The van der Waals surface area contributed by atoms with Gasteiger partial charge in [0.1, 0.15) is 5.82 Å². The maximum atomic E-state index is 12.4. The molecule has 1 aromatic heterocycles. The number of rotatable bonds is 10. The average Bonchev–Trinajstić information content (AvgIpc) is 2.86. The molecule has 0 bridgehead atoms. The summed E-state index contributed by atoms with van der Waals surface area (Å²) in [6.07, 6.45) is 4.12. The summed E-state index contributed by atoms with van der Waals surface area (Å²) in [4.78, 5) is 9.63. The lowest BCUT2D eigenvalue weighted by Crippen LogP contribution is -2.32. The summed E-state index contributed by atoms with van der Waals surface area (Å²) in [6.45, 7) is 2.47. The van der Waals surface area contributed by atoms with Gasteiger partial charge in [0.25, 0.3) is 0 Å². The van der Waals surface area contributed by atoms with Crippen molar-refractivity contribution in [3.63, 3.8) is 0 Å². The normalized spacial score (nSPS) is 18.8. The fourth-order valence-corrected chi connectivity index (χ4v) is 5.40. The van der Waals surface area contributed by atoms with Crippen molar-refractivity contribution in [2.75, 3.05) is 36.8 Å². The summed E-state index contributed by atoms with van der Waals surface area (Å²) >= 11 is 0. The second kappa shape index (κ2) is 10.9. The number of nitrogens with one attached hydrogen (secondary N) is 3. The third-order valence-corrected chi connectivity index (χ3v) is 7.61. The van der Waals surface area contributed by atoms with E-state index in [1.165, 1.54) is 0 Å². The molecule has 3 aromatic rings. The largest absolute Gasteiger partial charge is 0.368 e. The molecule has 0 atom stereocenters. The van der Waals surface area contributed by atoms with E-state index in [2.05, 4.69) is 25.3 Å². The fraction of sp³-hybridized carbons (Fsp3) is 0.417. The van der Waals surface area contributed by atoms with Crippen molar-refractivity contribution in [3.05, 3.63) is 54.6 Å². The van der Waals surface area contributed by atoms with Crippen LogP contribution in [-0.2, 0) is 10.0 Å². The van der Waals surface area contributed by atoms with Gasteiger partial charge in [0.2, 0.25) is 16.0 Å². The number of anilines is 2. The predicted octanol–water partition coefficient (Wildman–Crippen LogP) is 3.20. The van der Waals surface area contributed by atoms with Crippen LogP contribution in [0.4, 0.5) is 11.8 Å². The summed E-state index contributed by atoms with van der Waals surface area (Å²) in [6, 6.07) is 16.5. The van der Waals surface area contributed by atoms with Crippen LogP contribution in [-0.4, -0.2) is 44.6 Å². The summed E-state index contributed by atoms with van der Waals surface area (Å²) < 4.78 is 27.7. The first kappa shape index (κ1) is 23.4. The Hall–Kier alpha value is -2.75. The Morgan fingerprint density at radius 3 is 2.24 bits per heavy atom. The average molecular weight is 469 g/mol. The zero-order valence-electron chi connectivity index (χ0n) is 18.7. The van der Waals surface area contributed by atoms with E-state index < -0.39 is 10.0 Å². The summed E-state index contributed by atoms with van der Waals surface area (Å²) in [5.41, 5.74) is 6.53. The van der Waals surface area contributed by atoms with Gasteiger partial charge < -0.3 is 16.4 Å². The number of nitrogens with zero attached hydrogens (tertiary/aromatic N) is 2. The Labute approximate surface area is 195 Å². The number of sulfonamides is 1. The number of nitrogens with two attached hydrogens (primary N) is 1. The topological polar surface area (TPSA) is 122 Å². The van der Waals surface area contributed by atoms with E-state index >= 15 is 0 Å². The van der Waals surface area contributed by atoms with Crippen molar-refractivity contribution >= 4 is 32.7 Å². The molecule has 0 aliphatic heterocycles. The van der Waals surface area contributed by atoms with Crippen LogP contribution in [0.15, 0.2) is 59.5 Å². The maximum Gasteiger partial charge on any atom is 0.240 e. The molecule has 1 saturated carbocycles. The Kier molecular flexibility index (Phi) is 7.74. The van der Waals surface area contributed by atoms with Crippen LogP contribution in [0.5, 0.6) is 0 Å². The molecular weight excluding hydrogens is 436 g/mol. The molecule has 1 aliphatic carbocycles. The molecule has 0 spiro atoms. The van der Waals surface area contributed by atoms with Gasteiger partial charge in [-0.2, -0.15) is 4.98 Å². The molecule has 0 radical (unpaired) electrons. The van der Waals surface area contributed by atoms with Gasteiger partial charge in [-0.1, -0.05) is 30.3 Å². The SMILES string of the molecule is NCCNc1nc(NC[C@H]2CC[C@H](CNS(=O)(=O)c3ccccc3)CC2)nc2ccccc12. The van der Waals surface area contributed by atoms with Gasteiger partial charge >= 0.3 is 0 Å². The minimum atomic E-state index is -3.44. The van der Waals surface area contributed by atoms with E-state index in [1.807, 2.05) is 30.3 Å². The highest BCUT2D eigenvalue weighted by atomic mass is 32.2. The van der Waals surface area contributed by atoms with Crippen molar-refractivity contribution in [1.82, 2.24) is 14.7 Å². The monoisotopic (exact) mass is 468 g/mol. The lowest BCUT2D eigenvalue weighted by Gasteiger charge is -2.28. The number of benzene rings is 2. The quantitative estimate of drug-likeness (QED) is 0.360. The van der Waals surface area contributed by atoms with Crippen molar-refractivity contribution in [1.29, 1.82) is 0 Å². The lowest BCUT2D eigenvalue weighted by atomic mass is 9.82. The van der Waals surface area contributed by atoms with Gasteiger partial charge in [-0.05, 0) is 61.8 Å². The van der Waals surface area contributed by atoms with Gasteiger partial charge in [0.15, 0.2) is 0 Å². The second-order valence-electron chi connectivity index (χ2n) is 8.56. The van der Waals surface area contributed by atoms with Crippen LogP contribution in [0.25, 0.3) is 10.9 Å². The van der Waals surface area contributed by atoms with Crippen LogP contribution in [0.1, 0.15) is 25.7 Å². The van der Waals surface area contributed by atoms with Crippen molar-refractivity contribution < 1.29 is 8.42 Å². The molecule has 33 heavy (non-hydrogen) atoms. The molecule has 176 valence electrons. The highest BCUT2D eigenvalue weighted by molar-refractivity contribution is 7.89. The molecule has 4 rings (SSSR count). The van der Waals surface area contributed by atoms with Gasteiger partial charge in [0, 0.05) is 31.6 Å². The highest BCUT2D eigenvalue weighted by Crippen LogP contribution is 2.29. The van der Waals surface area contributed by atoms with E-state index in [9.17, 15) is 8.42 Å². The zero-order valence-corrected chi connectivity index (χ0v) is 19.5. The Balaban J connectivity index is 1.28. The number of hydrogen-bond acceptors (Lipinski definition) is 7. The standard InChI is InChI=1S/C24H32N6O2S/c25-14-15-26-23-21-8-4-5-9-22(21)29-24(30-23)27-16-18-10-12-19(13-11-18)17-28-33(31,32)20-6-2-1-3-7-20/h1-9,18-19,28H,10-17,25H2,(H2,26,27,29,30)/t18-,19-. The molecule has 0 unspecified atom stereocenters. The van der Waals surface area contributed by atoms with E-state index in [0.717, 1.165) is 48.9 Å². The van der Waals surface area contributed by atoms with E-state index in [-0.39, 0.29) is 0 Å². The van der Waals surface area contributed by atoms with Crippen LogP contribution in [0.2, 0.25) is 0 Å². The molecule has 8 nitrogen and oxygen atoms in total. The second-order valence-corrected chi connectivity index (χ2v) is 10.3. The molecule has 0 amide bonds. The number of hydrogen-bond donors (Lipinski definition) is 4. The zero-order chi connectivity index (χ0) is 23.1. The van der Waals surface area contributed by atoms with E-state index in [0.29, 0.717) is 42.3 Å². The van der Waals surface area contributed by atoms with E-state index in [4.69, 9.17) is 5.73 Å². The van der Waals surface area contributed by atoms with Crippen LogP contribution in [0.3, 0.4) is 0 Å². The van der Waals surface area contributed by atoms with E-state index in [1.54, 1.807) is 24.3 Å². The number of fused-ring (bicyclic) bond motifs is 1. The molecule has 1 heterocycles. The highest BCUT2D eigenvalue weighted by Gasteiger charge is 2.23. The lowest BCUT2D eigenvalue weighted by molar-refractivity contribution is 0.284. The molecule has 5 N–H and O–H groups in total. The third kappa shape index (κ3) is 6.19. The summed E-state index contributed by atoms with van der Waals surface area (Å²) in [5.74, 6) is 2.29. The summed E-state index contributed by atoms with van der Waals surface area (Å²) in [7, 11) is -3.44. The van der Waals surface area contributed by atoms with Gasteiger partial charge in [-0.3, -0.25) is 0 Å².